The second-order valence-electron chi connectivity index (χ2n) is 10.6. The van der Waals surface area contributed by atoms with E-state index in [0.717, 1.165) is 0 Å². The van der Waals surface area contributed by atoms with Crippen molar-refractivity contribution in [1.82, 2.24) is 0 Å². The van der Waals surface area contributed by atoms with E-state index in [9.17, 15) is 0 Å². The molecule has 0 nitrogen and oxygen atoms in total. The molecule has 0 heterocycles. The third-order valence-electron chi connectivity index (χ3n) is 5.96. The molecule has 0 radical (unpaired) electrons. The molecule has 0 atom stereocenters. The van der Waals surface area contributed by atoms with Gasteiger partial charge in [-0.3, -0.25) is 0 Å². The molecule has 2 aromatic rings. The van der Waals surface area contributed by atoms with Crippen molar-refractivity contribution >= 4 is 32.4 Å². The van der Waals surface area contributed by atoms with Crippen LogP contribution < -0.4 is 0 Å². The number of hydrogen-bond donors (Lipinski definition) is 0. The summed E-state index contributed by atoms with van der Waals surface area (Å²) in [4.78, 5) is 0. The van der Waals surface area contributed by atoms with Crippen molar-refractivity contribution in [2.24, 2.45) is 0 Å². The van der Waals surface area contributed by atoms with Crippen LogP contribution in [0.1, 0.15) is 63.8 Å². The van der Waals surface area contributed by atoms with E-state index >= 15 is 0 Å². The van der Waals surface area contributed by atoms with Gasteiger partial charge in [-0.25, -0.2) is 0 Å². The van der Waals surface area contributed by atoms with Crippen LogP contribution in [0.2, 0.25) is 0 Å². The van der Waals surface area contributed by atoms with Crippen molar-refractivity contribution < 1.29 is 0 Å². The van der Waals surface area contributed by atoms with E-state index in [2.05, 4.69) is 111 Å². The van der Waals surface area contributed by atoms with Crippen LogP contribution in [0.4, 0.5) is 0 Å². The summed E-state index contributed by atoms with van der Waals surface area (Å²) in [6.07, 6.45) is 8.63. The molecule has 0 unspecified atom stereocenters. The van der Waals surface area contributed by atoms with E-state index in [1.54, 1.807) is 0 Å². The zero-order valence-electron chi connectivity index (χ0n) is 20.1. The van der Waals surface area contributed by atoms with E-state index < -0.39 is 5.51 Å². The molecule has 0 bridgehead atoms. The van der Waals surface area contributed by atoms with Gasteiger partial charge in [0.05, 0.1) is 0 Å². The molecule has 0 amide bonds. The minimum atomic E-state index is -1.05. The molecule has 0 fully saturated rings. The second-order valence-corrected chi connectivity index (χ2v) is 19.9. The Bertz CT molecular complexity index is 758. The summed E-state index contributed by atoms with van der Waals surface area (Å²) in [5.41, 5.74) is 5.24. The summed E-state index contributed by atoms with van der Waals surface area (Å²) < 4.78 is 0. The summed E-state index contributed by atoms with van der Waals surface area (Å²) in [5, 5.41) is 0. The van der Waals surface area contributed by atoms with E-state index in [0.29, 0.717) is 0 Å². The predicted molar refractivity (Wildman–Crippen MR) is 143 cm³/mol. The molecule has 0 saturated carbocycles. The average Bonchev–Trinajstić information content (AvgIpc) is 2.69. The molecule has 0 saturated heterocycles. The van der Waals surface area contributed by atoms with Gasteiger partial charge in [-0.1, -0.05) is 0 Å². The van der Waals surface area contributed by atoms with Gasteiger partial charge >= 0.3 is 199 Å². The van der Waals surface area contributed by atoms with Crippen molar-refractivity contribution in [3.8, 4) is 0 Å². The maximum absolute atomic E-state index is 3.73. The fourth-order valence-electron chi connectivity index (χ4n) is 3.60. The van der Waals surface area contributed by atoms with E-state index in [1.807, 2.05) is 11.8 Å². The monoisotopic (exact) mass is 508 g/mol. The van der Waals surface area contributed by atoms with Gasteiger partial charge in [0.15, 0.2) is 0 Å². The van der Waals surface area contributed by atoms with Gasteiger partial charge in [0.25, 0.3) is 0 Å². The van der Waals surface area contributed by atoms with Crippen LogP contribution in [0.15, 0.2) is 48.5 Å². The summed E-state index contributed by atoms with van der Waals surface area (Å²) >= 11 is 5.72. The molecule has 0 aromatic heterocycles. The van der Waals surface area contributed by atoms with Gasteiger partial charge in [-0.15, -0.1) is 0 Å². The SMILES string of the molecule is CSCCP(=[Se])(CCc1ccc(C(C)(C)C)cc1)CCc1ccc(C(C)(C)C)cc1. The van der Waals surface area contributed by atoms with Crippen LogP contribution >= 0.6 is 17.3 Å². The molecular weight excluding hydrogens is 466 g/mol. The molecule has 30 heavy (non-hydrogen) atoms. The van der Waals surface area contributed by atoms with Crippen molar-refractivity contribution in [1.29, 1.82) is 0 Å². The Kier molecular flexibility index (Phi) is 9.57. The molecule has 166 valence electrons. The first-order valence-electron chi connectivity index (χ1n) is 11.2. The fourth-order valence-corrected chi connectivity index (χ4v) is 10.2. The number of benzene rings is 2. The molecule has 0 aliphatic carbocycles. The molecule has 0 N–H and O–H groups in total. The van der Waals surface area contributed by atoms with E-state index in [1.165, 1.54) is 59.3 Å². The van der Waals surface area contributed by atoms with Crippen LogP contribution in [0.3, 0.4) is 0 Å². The van der Waals surface area contributed by atoms with E-state index in [4.69, 9.17) is 0 Å². The summed E-state index contributed by atoms with van der Waals surface area (Å²) in [6.45, 7) is 13.7. The Morgan fingerprint density at radius 3 is 1.33 bits per heavy atom. The van der Waals surface area contributed by atoms with Gasteiger partial charge in [0.2, 0.25) is 0 Å². The molecule has 2 aromatic carbocycles. The first-order chi connectivity index (χ1) is 13.9. The Morgan fingerprint density at radius 1 is 0.667 bits per heavy atom. The Morgan fingerprint density at radius 2 is 1.03 bits per heavy atom. The first kappa shape index (κ1) is 26.0. The minimum absolute atomic E-state index is 0.231. The summed E-state index contributed by atoms with van der Waals surface area (Å²) in [5.74, 6) is 1.27. The van der Waals surface area contributed by atoms with Crippen LogP contribution in [0.25, 0.3) is 0 Å². The Balaban J connectivity index is 2.01. The van der Waals surface area contributed by atoms with Crippen molar-refractivity contribution in [2.75, 3.05) is 30.5 Å². The number of hydrogen-bond acceptors (Lipinski definition) is 1. The van der Waals surface area contributed by atoms with Crippen molar-refractivity contribution in [3.63, 3.8) is 0 Å². The molecule has 3 heteroatoms. The molecule has 0 spiro atoms. The van der Waals surface area contributed by atoms with E-state index in [-0.39, 0.29) is 10.8 Å². The number of aryl methyl sites for hydroxylation is 2. The summed E-state index contributed by atoms with van der Waals surface area (Å²) in [6, 6.07) is 18.7. The predicted octanol–water partition coefficient (Wildman–Crippen LogP) is 7.53. The number of thioether (sulfide) groups is 1. The van der Waals surface area contributed by atoms with Crippen molar-refractivity contribution in [3.05, 3.63) is 70.8 Å². The second kappa shape index (κ2) is 11.0. The zero-order chi connectivity index (χ0) is 22.4. The third kappa shape index (κ3) is 8.35. The zero-order valence-corrected chi connectivity index (χ0v) is 23.5. The third-order valence-corrected chi connectivity index (χ3v) is 13.4. The Hall–Kier alpha value is -0.261. The van der Waals surface area contributed by atoms with Gasteiger partial charge < -0.3 is 0 Å². The normalized spacial score (nSPS) is 12.9. The fraction of sp³-hybridized carbons (Fsp3) is 0.556. The van der Waals surface area contributed by atoms with Crippen LogP contribution in [0.5, 0.6) is 0 Å². The molecule has 2 rings (SSSR count). The topological polar surface area (TPSA) is 0 Å². The maximum atomic E-state index is 3.73. The van der Waals surface area contributed by atoms with Crippen LogP contribution in [-0.4, -0.2) is 45.6 Å². The van der Waals surface area contributed by atoms with Crippen LogP contribution in [0, 0.1) is 0 Å². The Labute approximate surface area is 198 Å². The van der Waals surface area contributed by atoms with Crippen LogP contribution in [-0.2, 0) is 23.7 Å². The van der Waals surface area contributed by atoms with Gasteiger partial charge in [-0.05, 0) is 0 Å². The number of rotatable bonds is 9. The van der Waals surface area contributed by atoms with Gasteiger partial charge in [0, 0.05) is 0 Å². The first-order valence-corrected chi connectivity index (χ1v) is 17.1. The van der Waals surface area contributed by atoms with Crippen molar-refractivity contribution in [2.45, 2.75) is 65.2 Å². The molecule has 0 aliphatic heterocycles. The standard InChI is InChI=1S/C27H41PSSe/c1-26(2,3)24-12-8-22(9-13-24)16-18-28(30,20-21-29-7)19-17-23-10-14-25(15-11-23)27(4,5)6/h8-15H,16-21H2,1-7H3. The summed E-state index contributed by atoms with van der Waals surface area (Å²) in [7, 11) is 0. The quantitative estimate of drug-likeness (QED) is 0.250. The molecule has 0 aliphatic rings. The van der Waals surface area contributed by atoms with Gasteiger partial charge in [-0.2, -0.15) is 0 Å². The van der Waals surface area contributed by atoms with Gasteiger partial charge in [0.1, 0.15) is 0 Å². The average molecular weight is 508 g/mol. The molecular formula is C27H41PSSe.